The first kappa shape index (κ1) is 8.92. The van der Waals surface area contributed by atoms with Crippen LogP contribution in [0.5, 0.6) is 0 Å². The summed E-state index contributed by atoms with van der Waals surface area (Å²) in [7, 11) is 0. The second-order valence-electron chi connectivity index (χ2n) is 3.03. The highest BCUT2D eigenvalue weighted by Gasteiger charge is 2.08. The fourth-order valence-corrected chi connectivity index (χ4v) is 2.41. The van der Waals surface area contributed by atoms with E-state index >= 15 is 0 Å². The molecule has 0 unspecified atom stereocenters. The highest BCUT2D eigenvalue weighted by molar-refractivity contribution is 7.19. The number of carbonyl (C=O) groups is 1. The molecular weight excluding hydrogens is 194 g/mol. The van der Waals surface area contributed by atoms with Gasteiger partial charge in [0.05, 0.1) is 5.56 Å². The minimum absolute atomic E-state index is 0.470. The van der Waals surface area contributed by atoms with E-state index in [4.69, 9.17) is 5.26 Å². The molecule has 0 atom stereocenters. The van der Waals surface area contributed by atoms with E-state index in [9.17, 15) is 4.79 Å². The molecule has 68 valence electrons. The van der Waals surface area contributed by atoms with Gasteiger partial charge in [0.15, 0.2) is 6.29 Å². The Morgan fingerprint density at radius 1 is 1.50 bits per heavy atom. The van der Waals surface area contributed by atoms with Gasteiger partial charge in [-0.25, -0.2) is 0 Å². The zero-order valence-corrected chi connectivity index (χ0v) is 8.39. The van der Waals surface area contributed by atoms with Gasteiger partial charge in [-0.3, -0.25) is 4.79 Å². The number of benzene rings is 1. The lowest BCUT2D eigenvalue weighted by molar-refractivity contribution is 0.112. The second-order valence-corrected chi connectivity index (χ2v) is 4.32. The lowest BCUT2D eigenvalue weighted by atomic mass is 10.1. The number of hydrogen-bond acceptors (Lipinski definition) is 3. The minimum Gasteiger partial charge on any atom is -0.298 e. The highest BCUT2D eigenvalue weighted by Crippen LogP contribution is 2.28. The van der Waals surface area contributed by atoms with Crippen molar-refractivity contribution in [2.45, 2.75) is 6.92 Å². The summed E-state index contributed by atoms with van der Waals surface area (Å²) in [4.78, 5) is 11.8. The van der Waals surface area contributed by atoms with Crippen molar-refractivity contribution < 1.29 is 4.79 Å². The number of aldehydes is 1. The maximum absolute atomic E-state index is 10.7. The molecule has 1 aromatic carbocycles. The zero-order valence-electron chi connectivity index (χ0n) is 7.57. The van der Waals surface area contributed by atoms with Crippen LogP contribution in [0.15, 0.2) is 18.2 Å². The first-order chi connectivity index (χ1) is 6.76. The summed E-state index contributed by atoms with van der Waals surface area (Å²) in [6, 6.07) is 7.61. The van der Waals surface area contributed by atoms with Crippen LogP contribution in [0.3, 0.4) is 0 Å². The van der Waals surface area contributed by atoms with Crippen LogP contribution < -0.4 is 0 Å². The van der Waals surface area contributed by atoms with E-state index in [1.165, 1.54) is 0 Å². The van der Waals surface area contributed by atoms with Gasteiger partial charge in [-0.05, 0) is 25.1 Å². The predicted octanol–water partition coefficient (Wildman–Crippen LogP) is 2.89. The molecule has 14 heavy (non-hydrogen) atoms. The molecule has 0 amide bonds. The van der Waals surface area contributed by atoms with Crippen LogP contribution in [-0.2, 0) is 0 Å². The van der Waals surface area contributed by atoms with Crippen LogP contribution in [0.25, 0.3) is 10.1 Å². The van der Waals surface area contributed by atoms with Gasteiger partial charge >= 0.3 is 0 Å². The minimum atomic E-state index is 0.470. The molecule has 3 heteroatoms. The summed E-state index contributed by atoms with van der Waals surface area (Å²) in [6.45, 7) is 1.99. The van der Waals surface area contributed by atoms with Gasteiger partial charge in [0.2, 0.25) is 0 Å². The van der Waals surface area contributed by atoms with Crippen molar-refractivity contribution in [3.05, 3.63) is 34.2 Å². The largest absolute Gasteiger partial charge is 0.298 e. The standard InChI is InChI=1S/C11H7NOS/c1-7-4-9-10(5-12)8(6-13)2-3-11(9)14-7/h2-4,6H,1H3. The molecule has 1 aromatic heterocycles. The predicted molar refractivity (Wildman–Crippen MR) is 56.7 cm³/mol. The SMILES string of the molecule is Cc1cc2c(C#N)c(C=O)ccc2s1. The molecule has 0 aliphatic carbocycles. The Morgan fingerprint density at radius 2 is 2.29 bits per heavy atom. The van der Waals surface area contributed by atoms with E-state index in [1.54, 1.807) is 17.4 Å². The number of hydrogen-bond donors (Lipinski definition) is 0. The molecule has 2 rings (SSSR count). The number of rotatable bonds is 1. The third-order valence-electron chi connectivity index (χ3n) is 2.10. The Kier molecular flexibility index (Phi) is 2.06. The quantitative estimate of drug-likeness (QED) is 0.665. The molecule has 2 aromatic rings. The van der Waals surface area contributed by atoms with E-state index < -0.39 is 0 Å². The van der Waals surface area contributed by atoms with Crippen LogP contribution in [0, 0.1) is 18.3 Å². The lowest BCUT2D eigenvalue weighted by Crippen LogP contribution is -1.86. The van der Waals surface area contributed by atoms with Gasteiger partial charge in [0.25, 0.3) is 0 Å². The Balaban J connectivity index is 2.91. The Hall–Kier alpha value is -1.66. The third-order valence-corrected chi connectivity index (χ3v) is 3.11. The van der Waals surface area contributed by atoms with E-state index in [-0.39, 0.29) is 0 Å². The van der Waals surface area contributed by atoms with Crippen molar-refractivity contribution in [2.75, 3.05) is 0 Å². The molecule has 2 nitrogen and oxygen atoms in total. The number of fused-ring (bicyclic) bond motifs is 1. The number of thiophene rings is 1. The van der Waals surface area contributed by atoms with Crippen LogP contribution in [0.1, 0.15) is 20.8 Å². The normalized spacial score (nSPS) is 10.0. The van der Waals surface area contributed by atoms with E-state index in [2.05, 4.69) is 6.07 Å². The molecule has 0 aliphatic rings. The van der Waals surface area contributed by atoms with E-state index in [0.29, 0.717) is 11.1 Å². The van der Waals surface area contributed by atoms with Gasteiger partial charge in [-0.1, -0.05) is 0 Å². The fraction of sp³-hybridized carbons (Fsp3) is 0.0909. The van der Waals surface area contributed by atoms with Crippen molar-refractivity contribution in [3.8, 4) is 6.07 Å². The lowest BCUT2D eigenvalue weighted by Gasteiger charge is -1.95. The van der Waals surface area contributed by atoms with Gasteiger partial charge in [-0.15, -0.1) is 11.3 Å². The van der Waals surface area contributed by atoms with E-state index in [0.717, 1.165) is 21.2 Å². The molecule has 0 bridgehead atoms. The fourth-order valence-electron chi connectivity index (χ4n) is 1.48. The topological polar surface area (TPSA) is 40.9 Å². The second kappa shape index (κ2) is 3.24. The van der Waals surface area contributed by atoms with Gasteiger partial charge in [0.1, 0.15) is 6.07 Å². The zero-order chi connectivity index (χ0) is 10.1. The van der Waals surface area contributed by atoms with Gasteiger partial charge in [0, 0.05) is 20.5 Å². The maximum Gasteiger partial charge on any atom is 0.151 e. The Morgan fingerprint density at radius 3 is 2.93 bits per heavy atom. The van der Waals surface area contributed by atoms with Crippen LogP contribution in [0.2, 0.25) is 0 Å². The summed E-state index contributed by atoms with van der Waals surface area (Å²) in [5.74, 6) is 0. The molecule has 0 N–H and O–H groups in total. The highest BCUT2D eigenvalue weighted by atomic mass is 32.1. The summed E-state index contributed by atoms with van der Waals surface area (Å²) < 4.78 is 1.06. The van der Waals surface area contributed by atoms with Crippen molar-refractivity contribution in [1.29, 1.82) is 5.26 Å². The summed E-state index contributed by atoms with van der Waals surface area (Å²) >= 11 is 1.63. The summed E-state index contributed by atoms with van der Waals surface area (Å²) in [5, 5.41) is 9.84. The monoisotopic (exact) mass is 201 g/mol. The first-order valence-corrected chi connectivity index (χ1v) is 4.96. The van der Waals surface area contributed by atoms with Crippen LogP contribution in [0.4, 0.5) is 0 Å². The third kappa shape index (κ3) is 1.21. The smallest absolute Gasteiger partial charge is 0.151 e. The molecular formula is C11H7NOS. The number of aryl methyl sites for hydroxylation is 1. The van der Waals surface area contributed by atoms with E-state index in [1.807, 2.05) is 19.1 Å². The van der Waals surface area contributed by atoms with Crippen LogP contribution >= 0.6 is 11.3 Å². The Bertz CT molecular complexity index is 548. The van der Waals surface area contributed by atoms with Crippen molar-refractivity contribution in [3.63, 3.8) is 0 Å². The molecule has 0 fully saturated rings. The van der Waals surface area contributed by atoms with Gasteiger partial charge in [-0.2, -0.15) is 5.26 Å². The maximum atomic E-state index is 10.7. The molecule has 0 aliphatic heterocycles. The average Bonchev–Trinajstić information content (AvgIpc) is 2.56. The van der Waals surface area contributed by atoms with Crippen molar-refractivity contribution in [1.82, 2.24) is 0 Å². The number of nitrogens with zero attached hydrogens (tertiary/aromatic N) is 1. The molecule has 1 heterocycles. The average molecular weight is 201 g/mol. The molecule has 0 saturated heterocycles. The number of nitriles is 1. The Labute approximate surface area is 85.4 Å². The van der Waals surface area contributed by atoms with Crippen LogP contribution in [-0.4, -0.2) is 6.29 Å². The van der Waals surface area contributed by atoms with Crippen molar-refractivity contribution >= 4 is 27.7 Å². The van der Waals surface area contributed by atoms with Gasteiger partial charge < -0.3 is 0 Å². The molecule has 0 radical (unpaired) electrons. The van der Waals surface area contributed by atoms with Crippen molar-refractivity contribution in [2.24, 2.45) is 0 Å². The summed E-state index contributed by atoms with van der Waals surface area (Å²) in [6.07, 6.45) is 0.727. The first-order valence-electron chi connectivity index (χ1n) is 4.14. The molecule has 0 saturated carbocycles. The summed E-state index contributed by atoms with van der Waals surface area (Å²) in [5.41, 5.74) is 0.958. The molecule has 0 spiro atoms. The number of carbonyl (C=O) groups excluding carboxylic acids is 1.